The second kappa shape index (κ2) is 10.2. The van der Waals surface area contributed by atoms with Crippen LogP contribution in [0, 0.1) is 0 Å². The van der Waals surface area contributed by atoms with Crippen molar-refractivity contribution >= 4 is 9.29 Å². The van der Waals surface area contributed by atoms with Crippen LogP contribution >= 0.6 is 0 Å². The molecule has 27 valence electrons. The van der Waals surface area contributed by atoms with Gasteiger partial charge in [-0.2, -0.15) is 0 Å². The van der Waals surface area contributed by atoms with Gasteiger partial charge in [-0.25, -0.2) is 0 Å². The van der Waals surface area contributed by atoms with Gasteiger partial charge in [-0.3, -0.25) is 8.92 Å². The Morgan fingerprint density at radius 1 is 1.25 bits per heavy atom. The van der Waals surface area contributed by atoms with Crippen LogP contribution in [0.5, 0.6) is 0 Å². The molecule has 0 aliphatic heterocycles. The van der Waals surface area contributed by atoms with Crippen molar-refractivity contribution in [2.75, 3.05) is 0 Å². The standard InChI is InChI=1S/Cu.O2Si/c;1-3-2. The second-order valence-corrected chi connectivity index (χ2v) is 0.250. The molecule has 0 saturated heterocycles. The molecule has 0 aliphatic rings. The van der Waals surface area contributed by atoms with Gasteiger partial charge in [-0.15, -0.1) is 0 Å². The summed E-state index contributed by atoms with van der Waals surface area (Å²) in [4.78, 5) is 0. The number of hydrogen-bond donors (Lipinski definition) is 0. The van der Waals surface area contributed by atoms with E-state index >= 15 is 0 Å². The molecule has 0 N–H and O–H groups in total. The van der Waals surface area contributed by atoms with E-state index in [2.05, 4.69) is 0 Å². The van der Waals surface area contributed by atoms with Crippen molar-refractivity contribution in [3.8, 4) is 0 Å². The maximum absolute atomic E-state index is 8.40. The van der Waals surface area contributed by atoms with Crippen LogP contribution in [-0.2, 0) is 26.0 Å². The molecule has 0 aromatic heterocycles. The Bertz CT molecular complexity index is 27.0. The summed E-state index contributed by atoms with van der Waals surface area (Å²) in [5.41, 5.74) is 0. The van der Waals surface area contributed by atoms with Crippen molar-refractivity contribution < 1.29 is 26.0 Å². The zero-order valence-corrected chi connectivity index (χ0v) is 3.56. The largest absolute Gasteiger partial charge is 0.549 e. The number of hydrogen-bond acceptors (Lipinski definition) is 2. The van der Waals surface area contributed by atoms with Crippen molar-refractivity contribution in [3.05, 3.63) is 0 Å². The first-order valence-corrected chi connectivity index (χ1v) is 1.22. The van der Waals surface area contributed by atoms with Crippen LogP contribution in [0.3, 0.4) is 0 Å². The third kappa shape index (κ3) is 36.9. The minimum absolute atomic E-state index is 0. The van der Waals surface area contributed by atoms with Gasteiger partial charge in [0.15, 0.2) is 0 Å². The molecule has 0 heterocycles. The van der Waals surface area contributed by atoms with Crippen LogP contribution in [-0.4, -0.2) is 9.29 Å². The molecule has 0 aromatic carbocycles. The van der Waals surface area contributed by atoms with Crippen LogP contribution in [0.1, 0.15) is 0 Å². The molecule has 1 radical (unpaired) electrons. The van der Waals surface area contributed by atoms with E-state index in [1.807, 2.05) is 0 Å². The average Bonchev–Trinajstić information content (AvgIpc) is 0.918. The predicted octanol–water partition coefficient (Wildman–Crippen LogP) is -0.621. The molecule has 0 rings (SSSR count). The summed E-state index contributed by atoms with van der Waals surface area (Å²) >= 11 is 0. The molecule has 0 spiro atoms. The molecule has 0 unspecified atom stereocenters. The molecule has 0 saturated carbocycles. The normalized spacial score (nSPS) is 2.00. The zero-order chi connectivity index (χ0) is 2.71. The molecule has 2 nitrogen and oxygen atoms in total. The third-order valence-corrected chi connectivity index (χ3v) is 0. The number of rotatable bonds is 0. The third-order valence-electron chi connectivity index (χ3n) is 0. The van der Waals surface area contributed by atoms with Gasteiger partial charge in [-0.05, 0) is 0 Å². The Hall–Kier alpha value is 0.336. The van der Waals surface area contributed by atoms with Gasteiger partial charge in [0.1, 0.15) is 0 Å². The van der Waals surface area contributed by atoms with Gasteiger partial charge in [0.05, 0.1) is 0 Å². The van der Waals surface area contributed by atoms with Gasteiger partial charge < -0.3 is 0 Å². The quantitative estimate of drug-likeness (QED) is 0.403. The summed E-state index contributed by atoms with van der Waals surface area (Å²) < 4.78 is 16.8. The SMILES string of the molecule is O=[Si]=O.[Cu]. The van der Waals surface area contributed by atoms with Crippen LogP contribution < -0.4 is 0 Å². The first-order valence-electron chi connectivity index (χ1n) is 0.408. The van der Waals surface area contributed by atoms with E-state index in [0.717, 1.165) is 0 Å². The molecule has 4 heavy (non-hydrogen) atoms. The van der Waals surface area contributed by atoms with Crippen LogP contribution in [0.15, 0.2) is 0 Å². The Labute approximate surface area is 36.0 Å². The van der Waals surface area contributed by atoms with Crippen molar-refractivity contribution in [2.45, 2.75) is 0 Å². The van der Waals surface area contributed by atoms with Gasteiger partial charge in [0.2, 0.25) is 0 Å². The summed E-state index contributed by atoms with van der Waals surface area (Å²) in [6.07, 6.45) is 0. The van der Waals surface area contributed by atoms with E-state index in [9.17, 15) is 0 Å². The van der Waals surface area contributed by atoms with Gasteiger partial charge in [0.25, 0.3) is 0 Å². The van der Waals surface area contributed by atoms with Gasteiger partial charge in [0, 0.05) is 17.1 Å². The fourth-order valence-electron chi connectivity index (χ4n) is 0. The molecule has 0 fully saturated rings. The zero-order valence-electron chi connectivity index (χ0n) is 1.62. The summed E-state index contributed by atoms with van der Waals surface area (Å²) in [5.74, 6) is 0. The minimum Gasteiger partial charge on any atom is -0.274 e. The van der Waals surface area contributed by atoms with Gasteiger partial charge >= 0.3 is 9.29 Å². The monoisotopic (exact) mass is 123 g/mol. The second-order valence-electron chi connectivity index (χ2n) is 0.0833. The Morgan fingerprint density at radius 2 is 1.25 bits per heavy atom. The first kappa shape index (κ1) is 8.84. The molecular weight excluding hydrogens is 124 g/mol. The topological polar surface area (TPSA) is 34.1 Å². The van der Waals surface area contributed by atoms with E-state index in [1.165, 1.54) is 0 Å². The van der Waals surface area contributed by atoms with Gasteiger partial charge in [-0.1, -0.05) is 0 Å². The maximum Gasteiger partial charge on any atom is 0.549 e. The van der Waals surface area contributed by atoms with E-state index < -0.39 is 9.29 Å². The van der Waals surface area contributed by atoms with Crippen LogP contribution in [0.25, 0.3) is 0 Å². The fourth-order valence-corrected chi connectivity index (χ4v) is 0. The molecule has 0 aliphatic carbocycles. The smallest absolute Gasteiger partial charge is 0.274 e. The van der Waals surface area contributed by atoms with Crippen LogP contribution in [0.4, 0.5) is 0 Å². The molecular formula is CuO2Si. The van der Waals surface area contributed by atoms with E-state index in [0.29, 0.717) is 0 Å². The summed E-state index contributed by atoms with van der Waals surface area (Å²) in [6, 6.07) is 0. The first-order chi connectivity index (χ1) is 1.41. The molecule has 0 amide bonds. The predicted molar refractivity (Wildman–Crippen MR) is 7.13 cm³/mol. The Kier molecular flexibility index (Phi) is 22.5. The van der Waals surface area contributed by atoms with Crippen molar-refractivity contribution in [1.29, 1.82) is 0 Å². The van der Waals surface area contributed by atoms with Crippen molar-refractivity contribution in [1.82, 2.24) is 0 Å². The van der Waals surface area contributed by atoms with E-state index in [1.54, 1.807) is 0 Å². The fraction of sp³-hybridized carbons (Fsp3) is 0. The summed E-state index contributed by atoms with van der Waals surface area (Å²) in [7, 11) is -1.42. The van der Waals surface area contributed by atoms with Crippen LogP contribution in [0.2, 0.25) is 0 Å². The molecule has 0 bridgehead atoms. The average molecular weight is 124 g/mol. The minimum atomic E-state index is -1.42. The molecule has 0 aromatic rings. The molecule has 0 atom stereocenters. The van der Waals surface area contributed by atoms with E-state index in [4.69, 9.17) is 8.92 Å². The Morgan fingerprint density at radius 3 is 1.25 bits per heavy atom. The van der Waals surface area contributed by atoms with Crippen molar-refractivity contribution in [2.24, 2.45) is 0 Å². The van der Waals surface area contributed by atoms with Crippen molar-refractivity contribution in [3.63, 3.8) is 0 Å². The summed E-state index contributed by atoms with van der Waals surface area (Å²) in [5, 5.41) is 0. The summed E-state index contributed by atoms with van der Waals surface area (Å²) in [6.45, 7) is 0. The van der Waals surface area contributed by atoms with E-state index in [-0.39, 0.29) is 17.1 Å². The molecule has 4 heteroatoms. The maximum atomic E-state index is 8.40. The Balaban J connectivity index is 0.